The van der Waals surface area contributed by atoms with Gasteiger partial charge in [0.05, 0.1) is 7.11 Å². The quantitative estimate of drug-likeness (QED) is 0.794. The zero-order valence-corrected chi connectivity index (χ0v) is 10.1. The Balaban J connectivity index is 2.18. The minimum absolute atomic E-state index is 0.0721. The first kappa shape index (κ1) is 13.1. The lowest BCUT2D eigenvalue weighted by atomic mass is 10.1. The number of ether oxygens (including phenoxy) is 1. The van der Waals surface area contributed by atoms with Crippen LogP contribution in [0.4, 0.5) is 8.78 Å². The maximum absolute atomic E-state index is 13.0. The number of Topliss-reactive ketones (excluding diaryl/α,β-unsaturated/α-hetero) is 1. The molecule has 0 saturated carbocycles. The van der Waals surface area contributed by atoms with E-state index in [0.717, 1.165) is 12.1 Å². The highest BCUT2D eigenvalue weighted by Crippen LogP contribution is 2.12. The fourth-order valence-corrected chi connectivity index (χ4v) is 1.53. The van der Waals surface area contributed by atoms with E-state index in [-0.39, 0.29) is 23.8 Å². The molecule has 2 aromatic rings. The summed E-state index contributed by atoms with van der Waals surface area (Å²) in [5.41, 5.74) is 0.540. The van der Waals surface area contributed by atoms with Crippen LogP contribution in [0.2, 0.25) is 0 Å². The van der Waals surface area contributed by atoms with Crippen molar-refractivity contribution in [1.82, 2.24) is 9.97 Å². The molecular formula is C13H10F2N2O2. The Bertz CT molecular complexity index is 617. The normalized spacial score (nSPS) is 10.3. The van der Waals surface area contributed by atoms with Crippen LogP contribution in [0.1, 0.15) is 16.1 Å². The fraction of sp³-hybridized carbons (Fsp3) is 0.154. The number of hydrogen-bond donors (Lipinski definition) is 0. The molecule has 0 aliphatic heterocycles. The summed E-state index contributed by atoms with van der Waals surface area (Å²) < 4.78 is 30.7. The van der Waals surface area contributed by atoms with Crippen LogP contribution in [0, 0.1) is 11.6 Å². The summed E-state index contributed by atoms with van der Waals surface area (Å²) in [7, 11) is 1.42. The van der Waals surface area contributed by atoms with Gasteiger partial charge in [-0.1, -0.05) is 6.07 Å². The van der Waals surface area contributed by atoms with Gasteiger partial charge in [-0.15, -0.1) is 0 Å². The van der Waals surface area contributed by atoms with E-state index in [4.69, 9.17) is 4.74 Å². The number of carbonyl (C=O) groups excluding carboxylic acids is 1. The predicted molar refractivity (Wildman–Crippen MR) is 63.0 cm³/mol. The van der Waals surface area contributed by atoms with Crippen molar-refractivity contribution in [3.8, 4) is 5.88 Å². The van der Waals surface area contributed by atoms with Gasteiger partial charge in [-0.25, -0.2) is 18.7 Å². The van der Waals surface area contributed by atoms with E-state index in [2.05, 4.69) is 9.97 Å². The molecule has 0 aliphatic rings. The molecule has 6 heteroatoms. The maximum atomic E-state index is 13.0. The summed E-state index contributed by atoms with van der Waals surface area (Å²) in [6.07, 6.45) is 1.13. The molecule has 1 heterocycles. The van der Waals surface area contributed by atoms with Crippen molar-refractivity contribution >= 4 is 5.78 Å². The number of benzene rings is 1. The van der Waals surface area contributed by atoms with Gasteiger partial charge in [0.1, 0.15) is 12.0 Å². The molecule has 0 unspecified atom stereocenters. The maximum Gasteiger partial charge on any atom is 0.216 e. The van der Waals surface area contributed by atoms with E-state index in [0.29, 0.717) is 5.56 Å². The molecule has 1 aromatic heterocycles. The smallest absolute Gasteiger partial charge is 0.216 e. The zero-order chi connectivity index (χ0) is 13.8. The summed E-state index contributed by atoms with van der Waals surface area (Å²) in [5, 5.41) is 0. The summed E-state index contributed by atoms with van der Waals surface area (Å²) in [5.74, 6) is -1.99. The van der Waals surface area contributed by atoms with Crippen molar-refractivity contribution in [2.45, 2.75) is 6.42 Å². The van der Waals surface area contributed by atoms with Crippen LogP contribution in [0.5, 0.6) is 5.88 Å². The third-order valence-electron chi connectivity index (χ3n) is 2.49. The topological polar surface area (TPSA) is 52.1 Å². The van der Waals surface area contributed by atoms with E-state index < -0.39 is 11.6 Å². The highest BCUT2D eigenvalue weighted by atomic mass is 19.2. The Morgan fingerprint density at radius 2 is 2.00 bits per heavy atom. The number of ketones is 1. The Labute approximate surface area is 108 Å². The van der Waals surface area contributed by atoms with Crippen LogP contribution in [0.25, 0.3) is 0 Å². The lowest BCUT2D eigenvalue weighted by Crippen LogP contribution is -2.07. The highest BCUT2D eigenvalue weighted by Gasteiger charge is 2.12. The highest BCUT2D eigenvalue weighted by molar-refractivity contribution is 5.95. The van der Waals surface area contributed by atoms with Gasteiger partial charge >= 0.3 is 0 Å². The van der Waals surface area contributed by atoms with Gasteiger partial charge in [0.2, 0.25) is 5.88 Å². The number of halogens is 2. The van der Waals surface area contributed by atoms with Gasteiger partial charge < -0.3 is 4.74 Å². The molecule has 2 rings (SSSR count). The Hall–Kier alpha value is -2.37. The molecule has 19 heavy (non-hydrogen) atoms. The molecule has 4 nitrogen and oxygen atoms in total. The molecule has 0 N–H and O–H groups in total. The van der Waals surface area contributed by atoms with Crippen LogP contribution in [0.3, 0.4) is 0 Å². The Morgan fingerprint density at radius 3 is 2.68 bits per heavy atom. The van der Waals surface area contributed by atoms with Gasteiger partial charge in [0.25, 0.3) is 0 Å². The third kappa shape index (κ3) is 3.09. The van der Waals surface area contributed by atoms with Crippen molar-refractivity contribution in [2.24, 2.45) is 0 Å². The third-order valence-corrected chi connectivity index (χ3v) is 2.49. The molecule has 98 valence electrons. The van der Waals surface area contributed by atoms with Crippen molar-refractivity contribution in [3.05, 3.63) is 53.5 Å². The lowest BCUT2D eigenvalue weighted by Gasteiger charge is -2.03. The van der Waals surface area contributed by atoms with Gasteiger partial charge in [0.15, 0.2) is 17.4 Å². The number of methoxy groups -OCH3 is 1. The number of aromatic nitrogens is 2. The molecule has 0 aliphatic carbocycles. The number of carbonyl (C=O) groups is 1. The fourth-order valence-electron chi connectivity index (χ4n) is 1.53. The molecule has 0 bridgehead atoms. The van der Waals surface area contributed by atoms with Gasteiger partial charge in [-0.3, -0.25) is 4.79 Å². The van der Waals surface area contributed by atoms with Gasteiger partial charge in [0, 0.05) is 12.5 Å². The summed E-state index contributed by atoms with van der Waals surface area (Å²) in [6, 6.07) is 4.72. The monoisotopic (exact) mass is 264 g/mol. The second-order valence-electron chi connectivity index (χ2n) is 3.79. The molecule has 0 radical (unpaired) electrons. The molecule has 0 saturated heterocycles. The summed E-state index contributed by atoms with van der Waals surface area (Å²) >= 11 is 0. The Kier molecular flexibility index (Phi) is 3.79. The average Bonchev–Trinajstić information content (AvgIpc) is 2.43. The van der Waals surface area contributed by atoms with E-state index in [1.807, 2.05) is 0 Å². The second-order valence-corrected chi connectivity index (χ2v) is 3.79. The molecule has 0 atom stereocenters. The average molecular weight is 264 g/mol. The summed E-state index contributed by atoms with van der Waals surface area (Å²) in [6.45, 7) is 0. The molecule has 0 spiro atoms. The SMILES string of the molecule is COc1cc(C(=O)Cc2ccc(F)c(F)c2)ncn1. The zero-order valence-electron chi connectivity index (χ0n) is 10.1. The molecule has 1 aromatic carbocycles. The summed E-state index contributed by atoms with van der Waals surface area (Å²) in [4.78, 5) is 19.5. The standard InChI is InChI=1S/C13H10F2N2O2/c1-19-13-6-11(16-7-17-13)12(18)5-8-2-3-9(14)10(15)4-8/h2-4,6-7H,5H2,1H3. The minimum atomic E-state index is -0.981. The first-order valence-electron chi connectivity index (χ1n) is 5.43. The first-order valence-corrected chi connectivity index (χ1v) is 5.43. The van der Waals surface area contributed by atoms with Crippen molar-refractivity contribution in [1.29, 1.82) is 0 Å². The van der Waals surface area contributed by atoms with Crippen LogP contribution in [0.15, 0.2) is 30.6 Å². The second kappa shape index (κ2) is 5.51. The van der Waals surface area contributed by atoms with Gasteiger partial charge in [-0.05, 0) is 17.7 Å². The van der Waals surface area contributed by atoms with E-state index in [1.165, 1.54) is 25.6 Å². The van der Waals surface area contributed by atoms with Crippen molar-refractivity contribution in [3.63, 3.8) is 0 Å². The van der Waals surface area contributed by atoms with Crippen LogP contribution >= 0.6 is 0 Å². The number of nitrogens with zero attached hydrogens (tertiary/aromatic N) is 2. The van der Waals surface area contributed by atoms with E-state index in [9.17, 15) is 13.6 Å². The molecule has 0 fully saturated rings. The number of hydrogen-bond acceptors (Lipinski definition) is 4. The van der Waals surface area contributed by atoms with Crippen LogP contribution in [-0.4, -0.2) is 22.9 Å². The minimum Gasteiger partial charge on any atom is -0.481 e. The van der Waals surface area contributed by atoms with Crippen LogP contribution in [-0.2, 0) is 6.42 Å². The Morgan fingerprint density at radius 1 is 1.21 bits per heavy atom. The molecule has 0 amide bonds. The predicted octanol–water partition coefficient (Wildman–Crippen LogP) is 2.19. The number of rotatable bonds is 4. The largest absolute Gasteiger partial charge is 0.481 e. The van der Waals surface area contributed by atoms with E-state index in [1.54, 1.807) is 0 Å². The first-order chi connectivity index (χ1) is 9.10. The lowest BCUT2D eigenvalue weighted by molar-refractivity contribution is 0.0987. The van der Waals surface area contributed by atoms with E-state index >= 15 is 0 Å². The van der Waals surface area contributed by atoms with Crippen LogP contribution < -0.4 is 4.74 Å². The van der Waals surface area contributed by atoms with Crippen molar-refractivity contribution in [2.75, 3.05) is 7.11 Å². The molecular weight excluding hydrogens is 254 g/mol. The van der Waals surface area contributed by atoms with Crippen molar-refractivity contribution < 1.29 is 18.3 Å². The van der Waals surface area contributed by atoms with Gasteiger partial charge in [-0.2, -0.15) is 0 Å².